The molecule has 0 bridgehead atoms. The van der Waals surface area contributed by atoms with Crippen molar-refractivity contribution in [3.8, 4) is 11.1 Å². The van der Waals surface area contributed by atoms with Gasteiger partial charge in [-0.1, -0.05) is 0 Å². The molecule has 0 aliphatic rings. The van der Waals surface area contributed by atoms with Gasteiger partial charge >= 0.3 is 0 Å². The van der Waals surface area contributed by atoms with Gasteiger partial charge < -0.3 is 10.2 Å². The summed E-state index contributed by atoms with van der Waals surface area (Å²) in [5, 5.41) is 15.2. The summed E-state index contributed by atoms with van der Waals surface area (Å²) in [4.78, 5) is 7.91. The summed E-state index contributed by atoms with van der Waals surface area (Å²) in [6, 6.07) is 7.93. The SMILES string of the molecule is OCCO.c1cc(-c2ccncc2)ccn1. The maximum absolute atomic E-state index is 7.62. The molecule has 2 aromatic rings. The van der Waals surface area contributed by atoms with Crippen molar-refractivity contribution < 1.29 is 10.2 Å². The minimum atomic E-state index is -0.125. The average Bonchev–Trinajstić information content (AvgIpc) is 2.41. The molecule has 0 atom stereocenters. The van der Waals surface area contributed by atoms with Crippen molar-refractivity contribution in [1.29, 1.82) is 0 Å². The second kappa shape index (κ2) is 7.50. The molecular weight excluding hydrogens is 204 g/mol. The van der Waals surface area contributed by atoms with E-state index in [-0.39, 0.29) is 13.2 Å². The number of hydrogen-bond donors (Lipinski definition) is 2. The van der Waals surface area contributed by atoms with Crippen molar-refractivity contribution in [1.82, 2.24) is 9.97 Å². The van der Waals surface area contributed by atoms with Gasteiger partial charge in [-0.05, 0) is 35.4 Å². The Morgan fingerprint density at radius 2 is 1.00 bits per heavy atom. The van der Waals surface area contributed by atoms with E-state index in [1.165, 1.54) is 11.1 Å². The zero-order valence-electron chi connectivity index (χ0n) is 8.82. The van der Waals surface area contributed by atoms with Gasteiger partial charge in [0.05, 0.1) is 13.2 Å². The molecular formula is C12H14N2O2. The first kappa shape index (κ1) is 12.3. The molecule has 0 saturated heterocycles. The number of hydrogen-bond acceptors (Lipinski definition) is 4. The number of aliphatic hydroxyl groups is 2. The van der Waals surface area contributed by atoms with Crippen LogP contribution in [0.25, 0.3) is 11.1 Å². The molecule has 4 heteroatoms. The van der Waals surface area contributed by atoms with E-state index in [1.807, 2.05) is 24.3 Å². The fourth-order valence-electron chi connectivity index (χ4n) is 1.09. The lowest BCUT2D eigenvalue weighted by Crippen LogP contribution is -1.85. The maximum atomic E-state index is 7.62. The summed E-state index contributed by atoms with van der Waals surface area (Å²) in [7, 11) is 0. The topological polar surface area (TPSA) is 66.2 Å². The number of aliphatic hydroxyl groups excluding tert-OH is 2. The molecule has 84 valence electrons. The third-order valence-electron chi connectivity index (χ3n) is 1.79. The van der Waals surface area contributed by atoms with E-state index in [9.17, 15) is 0 Å². The lowest BCUT2D eigenvalue weighted by molar-refractivity contribution is 0.186. The standard InChI is InChI=1S/C10H8N2.C2H6O2/c1-5-11-6-2-9(1)10-3-7-12-8-4-10;3-1-2-4/h1-8H;3-4H,1-2H2. The predicted molar refractivity (Wildman–Crippen MR) is 61.6 cm³/mol. The Balaban J connectivity index is 0.000000280. The number of rotatable bonds is 2. The molecule has 4 nitrogen and oxygen atoms in total. The fourth-order valence-corrected chi connectivity index (χ4v) is 1.09. The normalized spacial score (nSPS) is 9.12. The Morgan fingerprint density at radius 1 is 0.688 bits per heavy atom. The van der Waals surface area contributed by atoms with Gasteiger partial charge in [-0.3, -0.25) is 9.97 Å². The van der Waals surface area contributed by atoms with Crippen molar-refractivity contribution in [2.45, 2.75) is 0 Å². The lowest BCUT2D eigenvalue weighted by atomic mass is 10.1. The smallest absolute Gasteiger partial charge is 0.0662 e. The number of nitrogens with zero attached hydrogens (tertiary/aromatic N) is 2. The van der Waals surface area contributed by atoms with Gasteiger partial charge in [0, 0.05) is 24.8 Å². The van der Waals surface area contributed by atoms with Crippen LogP contribution in [0.5, 0.6) is 0 Å². The first-order chi connectivity index (χ1) is 7.88. The Labute approximate surface area is 94.3 Å². The highest BCUT2D eigenvalue weighted by molar-refractivity contribution is 5.61. The van der Waals surface area contributed by atoms with Crippen LogP contribution in [0.3, 0.4) is 0 Å². The van der Waals surface area contributed by atoms with Gasteiger partial charge in [0.25, 0.3) is 0 Å². The molecule has 0 aliphatic carbocycles. The molecule has 0 aromatic carbocycles. The zero-order valence-corrected chi connectivity index (χ0v) is 8.82. The van der Waals surface area contributed by atoms with Crippen LogP contribution in [0, 0.1) is 0 Å². The molecule has 0 aliphatic heterocycles. The van der Waals surface area contributed by atoms with Gasteiger partial charge in [-0.2, -0.15) is 0 Å². The predicted octanol–water partition coefficient (Wildman–Crippen LogP) is 1.11. The summed E-state index contributed by atoms with van der Waals surface area (Å²) in [6.45, 7) is -0.250. The fraction of sp³-hybridized carbons (Fsp3) is 0.167. The van der Waals surface area contributed by atoms with Crippen LogP contribution in [-0.2, 0) is 0 Å². The van der Waals surface area contributed by atoms with Crippen molar-refractivity contribution >= 4 is 0 Å². The Bertz CT molecular complexity index is 339. The van der Waals surface area contributed by atoms with E-state index in [0.717, 1.165) is 0 Å². The molecule has 2 N–H and O–H groups in total. The monoisotopic (exact) mass is 218 g/mol. The molecule has 16 heavy (non-hydrogen) atoms. The van der Waals surface area contributed by atoms with Crippen LogP contribution in [0.15, 0.2) is 49.1 Å². The van der Waals surface area contributed by atoms with E-state index in [1.54, 1.807) is 24.8 Å². The first-order valence-electron chi connectivity index (χ1n) is 4.90. The number of pyridine rings is 2. The van der Waals surface area contributed by atoms with Crippen LogP contribution >= 0.6 is 0 Å². The molecule has 0 unspecified atom stereocenters. The Hall–Kier alpha value is -1.78. The highest BCUT2D eigenvalue weighted by atomic mass is 16.3. The summed E-state index contributed by atoms with van der Waals surface area (Å²) in [5.41, 5.74) is 2.35. The van der Waals surface area contributed by atoms with Gasteiger partial charge in [0.1, 0.15) is 0 Å². The van der Waals surface area contributed by atoms with Crippen LogP contribution < -0.4 is 0 Å². The van der Waals surface area contributed by atoms with E-state index in [2.05, 4.69) is 9.97 Å². The third-order valence-corrected chi connectivity index (χ3v) is 1.79. The molecule has 0 spiro atoms. The minimum absolute atomic E-state index is 0.125. The maximum Gasteiger partial charge on any atom is 0.0662 e. The van der Waals surface area contributed by atoms with Crippen LogP contribution in [0.1, 0.15) is 0 Å². The minimum Gasteiger partial charge on any atom is -0.394 e. The average molecular weight is 218 g/mol. The van der Waals surface area contributed by atoms with Crippen molar-refractivity contribution in [2.24, 2.45) is 0 Å². The lowest BCUT2D eigenvalue weighted by Gasteiger charge is -1.97. The van der Waals surface area contributed by atoms with Gasteiger partial charge in [0.15, 0.2) is 0 Å². The molecule has 2 aromatic heterocycles. The largest absolute Gasteiger partial charge is 0.394 e. The molecule has 2 heterocycles. The second-order valence-corrected chi connectivity index (χ2v) is 2.92. The Kier molecular flexibility index (Phi) is 5.76. The zero-order chi connectivity index (χ0) is 11.6. The first-order valence-corrected chi connectivity index (χ1v) is 4.90. The Morgan fingerprint density at radius 3 is 1.25 bits per heavy atom. The summed E-state index contributed by atoms with van der Waals surface area (Å²) >= 11 is 0. The number of aromatic nitrogens is 2. The van der Waals surface area contributed by atoms with Gasteiger partial charge in [-0.15, -0.1) is 0 Å². The molecule has 0 fully saturated rings. The van der Waals surface area contributed by atoms with Crippen LogP contribution in [0.2, 0.25) is 0 Å². The van der Waals surface area contributed by atoms with E-state index in [4.69, 9.17) is 10.2 Å². The summed E-state index contributed by atoms with van der Waals surface area (Å²) in [5.74, 6) is 0. The van der Waals surface area contributed by atoms with Crippen molar-refractivity contribution in [3.05, 3.63) is 49.1 Å². The molecule has 2 rings (SSSR count). The molecule has 0 saturated carbocycles. The highest BCUT2D eigenvalue weighted by Crippen LogP contribution is 2.15. The quantitative estimate of drug-likeness (QED) is 0.792. The van der Waals surface area contributed by atoms with Gasteiger partial charge in [0.2, 0.25) is 0 Å². The van der Waals surface area contributed by atoms with Crippen LogP contribution in [0.4, 0.5) is 0 Å². The van der Waals surface area contributed by atoms with E-state index < -0.39 is 0 Å². The molecule has 0 radical (unpaired) electrons. The van der Waals surface area contributed by atoms with Crippen molar-refractivity contribution in [3.63, 3.8) is 0 Å². The van der Waals surface area contributed by atoms with E-state index >= 15 is 0 Å². The third kappa shape index (κ3) is 4.16. The highest BCUT2D eigenvalue weighted by Gasteiger charge is 1.92. The summed E-state index contributed by atoms with van der Waals surface area (Å²) < 4.78 is 0. The summed E-state index contributed by atoms with van der Waals surface area (Å²) in [6.07, 6.45) is 7.15. The molecule has 0 amide bonds. The van der Waals surface area contributed by atoms with E-state index in [0.29, 0.717) is 0 Å². The van der Waals surface area contributed by atoms with Crippen molar-refractivity contribution in [2.75, 3.05) is 13.2 Å². The second-order valence-electron chi connectivity index (χ2n) is 2.92. The van der Waals surface area contributed by atoms with Crippen LogP contribution in [-0.4, -0.2) is 33.4 Å². The van der Waals surface area contributed by atoms with Gasteiger partial charge in [-0.25, -0.2) is 0 Å².